The van der Waals surface area contributed by atoms with Crippen LogP contribution in [0, 0.1) is 0 Å². The second-order valence-corrected chi connectivity index (χ2v) is 9.80. The topological polar surface area (TPSA) is 74.2 Å². The molecule has 0 N–H and O–H groups in total. The van der Waals surface area contributed by atoms with Gasteiger partial charge in [-0.3, -0.25) is 0 Å². The van der Waals surface area contributed by atoms with Crippen LogP contribution in [0.25, 0.3) is 31.6 Å². The maximum atomic E-state index is 11.6. The van der Waals surface area contributed by atoms with Crippen LogP contribution in [0.3, 0.4) is 0 Å². The van der Waals surface area contributed by atoms with Crippen LogP contribution in [0.1, 0.15) is 20.9 Å². The van der Waals surface area contributed by atoms with E-state index in [2.05, 4.69) is 27.3 Å². The summed E-state index contributed by atoms with van der Waals surface area (Å²) in [7, 11) is 3.04. The van der Waals surface area contributed by atoms with Gasteiger partial charge in [-0.2, -0.15) is 0 Å². The van der Waals surface area contributed by atoms with Crippen LogP contribution >= 0.6 is 22.7 Å². The van der Waals surface area contributed by atoms with Gasteiger partial charge in [0, 0.05) is 23.7 Å². The van der Waals surface area contributed by atoms with Crippen molar-refractivity contribution in [3.05, 3.63) is 95.1 Å². The number of carbonyl (C=O) groups excluding carboxylic acids is 1. The van der Waals surface area contributed by atoms with Gasteiger partial charge in [-0.15, -0.1) is 21.5 Å². The number of carbonyl (C=O) groups is 1. The number of ether oxygens (including phenoxy) is 2. The lowest BCUT2D eigenvalue weighted by atomic mass is 10.1. The molecule has 0 saturated carbocycles. The van der Waals surface area contributed by atoms with Crippen LogP contribution in [0.15, 0.2) is 79.0 Å². The Morgan fingerprint density at radius 1 is 0.829 bits per heavy atom. The Morgan fingerprint density at radius 2 is 1.57 bits per heavy atom. The maximum absolute atomic E-state index is 11.6. The van der Waals surface area contributed by atoms with Crippen LogP contribution in [0.5, 0.6) is 5.75 Å². The highest BCUT2D eigenvalue weighted by molar-refractivity contribution is 7.18. The minimum atomic E-state index is -0.342. The predicted octanol–water partition coefficient (Wildman–Crippen LogP) is 6.38. The first kappa shape index (κ1) is 22.9. The van der Waals surface area contributed by atoms with E-state index in [0.717, 1.165) is 47.9 Å². The van der Waals surface area contributed by atoms with Crippen molar-refractivity contribution in [1.82, 2.24) is 15.2 Å². The summed E-state index contributed by atoms with van der Waals surface area (Å²) in [6.07, 6.45) is 2.56. The first-order valence-corrected chi connectivity index (χ1v) is 12.5. The van der Waals surface area contributed by atoms with E-state index in [1.165, 1.54) is 7.11 Å². The lowest BCUT2D eigenvalue weighted by Crippen LogP contribution is -2.00. The van der Waals surface area contributed by atoms with Gasteiger partial charge in [-0.1, -0.05) is 41.7 Å². The molecule has 0 aliphatic carbocycles. The molecule has 0 radical (unpaired) electrons. The lowest BCUT2D eigenvalue weighted by molar-refractivity contribution is 0.0600. The number of rotatable bonds is 7. The third-order valence-electron chi connectivity index (χ3n) is 5.43. The van der Waals surface area contributed by atoms with Crippen LogP contribution in [0.4, 0.5) is 0 Å². The van der Waals surface area contributed by atoms with Gasteiger partial charge < -0.3 is 9.47 Å². The van der Waals surface area contributed by atoms with Gasteiger partial charge >= 0.3 is 5.97 Å². The molecule has 6 nitrogen and oxygen atoms in total. The SMILES string of the molecule is COC(=O)c1ccc(Cc2nnc(-c3cccc(-c4ncc(-c5ccc(OC)cc5)s4)c3)s2)cc1. The number of esters is 1. The van der Waals surface area contributed by atoms with Crippen LogP contribution in [-0.4, -0.2) is 35.4 Å². The molecule has 3 aromatic carbocycles. The van der Waals surface area contributed by atoms with Crippen molar-refractivity contribution in [2.45, 2.75) is 6.42 Å². The predicted molar refractivity (Wildman–Crippen MR) is 139 cm³/mol. The Hall–Kier alpha value is -3.88. The summed E-state index contributed by atoms with van der Waals surface area (Å²) in [5.74, 6) is 0.492. The third kappa shape index (κ3) is 5.13. The molecule has 0 amide bonds. The van der Waals surface area contributed by atoms with Crippen molar-refractivity contribution >= 4 is 28.6 Å². The molecular weight excluding hydrogens is 478 g/mol. The zero-order valence-electron chi connectivity index (χ0n) is 19.1. The zero-order valence-corrected chi connectivity index (χ0v) is 20.7. The Kier molecular flexibility index (Phi) is 6.65. The Balaban J connectivity index is 1.32. The molecular formula is C27H21N3O3S2. The summed E-state index contributed by atoms with van der Waals surface area (Å²) in [5.41, 5.74) is 4.75. The van der Waals surface area contributed by atoms with E-state index in [1.807, 2.05) is 54.7 Å². The van der Waals surface area contributed by atoms with Crippen molar-refractivity contribution in [1.29, 1.82) is 0 Å². The number of hydrogen-bond donors (Lipinski definition) is 0. The molecule has 0 atom stereocenters. The number of nitrogens with zero attached hydrogens (tertiary/aromatic N) is 3. The minimum absolute atomic E-state index is 0.342. The van der Waals surface area contributed by atoms with Gasteiger partial charge in [-0.25, -0.2) is 9.78 Å². The maximum Gasteiger partial charge on any atom is 0.337 e. The molecule has 8 heteroatoms. The van der Waals surface area contributed by atoms with E-state index >= 15 is 0 Å². The molecule has 0 fully saturated rings. The molecule has 174 valence electrons. The fourth-order valence-corrected chi connectivity index (χ4v) is 5.36. The van der Waals surface area contributed by atoms with Crippen molar-refractivity contribution < 1.29 is 14.3 Å². The highest BCUT2D eigenvalue weighted by atomic mass is 32.1. The fraction of sp³-hybridized carbons (Fsp3) is 0.111. The number of hydrogen-bond acceptors (Lipinski definition) is 8. The lowest BCUT2D eigenvalue weighted by Gasteiger charge is -2.01. The monoisotopic (exact) mass is 499 g/mol. The van der Waals surface area contributed by atoms with Gasteiger partial charge in [-0.05, 0) is 53.6 Å². The molecule has 5 rings (SSSR count). The van der Waals surface area contributed by atoms with Gasteiger partial charge in [0.2, 0.25) is 0 Å². The molecule has 0 unspecified atom stereocenters. The molecule has 0 aliphatic rings. The molecule has 5 aromatic rings. The first-order chi connectivity index (χ1) is 17.1. The van der Waals surface area contributed by atoms with E-state index in [-0.39, 0.29) is 5.97 Å². The van der Waals surface area contributed by atoms with Crippen LogP contribution in [-0.2, 0) is 11.2 Å². The fourth-order valence-electron chi connectivity index (χ4n) is 3.57. The van der Waals surface area contributed by atoms with Gasteiger partial charge in [0.05, 0.1) is 24.7 Å². The first-order valence-electron chi connectivity index (χ1n) is 10.8. The summed E-state index contributed by atoms with van der Waals surface area (Å²) in [4.78, 5) is 17.4. The Morgan fingerprint density at radius 3 is 2.29 bits per heavy atom. The summed E-state index contributed by atoms with van der Waals surface area (Å²) < 4.78 is 10.0. The van der Waals surface area contributed by atoms with Crippen molar-refractivity contribution in [3.63, 3.8) is 0 Å². The second-order valence-electron chi connectivity index (χ2n) is 7.71. The van der Waals surface area contributed by atoms with Gasteiger partial charge in [0.1, 0.15) is 20.8 Å². The van der Waals surface area contributed by atoms with Crippen molar-refractivity contribution in [3.8, 4) is 37.3 Å². The average Bonchev–Trinajstić information content (AvgIpc) is 3.59. The molecule has 0 bridgehead atoms. The Bertz CT molecular complexity index is 1460. The number of aromatic nitrogens is 3. The quantitative estimate of drug-likeness (QED) is 0.242. The van der Waals surface area contributed by atoms with E-state index < -0.39 is 0 Å². The van der Waals surface area contributed by atoms with Crippen LogP contribution in [0.2, 0.25) is 0 Å². The van der Waals surface area contributed by atoms with Gasteiger partial charge in [0.15, 0.2) is 0 Å². The number of benzene rings is 3. The minimum Gasteiger partial charge on any atom is -0.497 e. The molecule has 2 aromatic heterocycles. The summed E-state index contributed by atoms with van der Waals surface area (Å²) >= 11 is 3.21. The highest BCUT2D eigenvalue weighted by Gasteiger charge is 2.12. The molecule has 0 saturated heterocycles. The summed E-state index contributed by atoms with van der Waals surface area (Å²) in [6, 6.07) is 23.6. The highest BCUT2D eigenvalue weighted by Crippen LogP contribution is 2.35. The molecule has 2 heterocycles. The molecule has 0 spiro atoms. The summed E-state index contributed by atoms with van der Waals surface area (Å²) in [5, 5.41) is 11.5. The molecule has 35 heavy (non-hydrogen) atoms. The van der Waals surface area contributed by atoms with Crippen LogP contribution < -0.4 is 4.74 Å². The number of thiazole rings is 1. The Labute approximate surface area is 210 Å². The number of methoxy groups -OCH3 is 2. The van der Waals surface area contributed by atoms with E-state index in [1.54, 1.807) is 41.9 Å². The van der Waals surface area contributed by atoms with Gasteiger partial charge in [0.25, 0.3) is 0 Å². The summed E-state index contributed by atoms with van der Waals surface area (Å²) in [6.45, 7) is 0. The average molecular weight is 500 g/mol. The van der Waals surface area contributed by atoms with Crippen molar-refractivity contribution in [2.24, 2.45) is 0 Å². The van der Waals surface area contributed by atoms with E-state index in [0.29, 0.717) is 12.0 Å². The van der Waals surface area contributed by atoms with Crippen molar-refractivity contribution in [2.75, 3.05) is 14.2 Å². The van der Waals surface area contributed by atoms with E-state index in [9.17, 15) is 4.79 Å². The zero-order chi connectivity index (χ0) is 24.2. The normalized spacial score (nSPS) is 10.8. The second kappa shape index (κ2) is 10.2. The van der Waals surface area contributed by atoms with E-state index in [4.69, 9.17) is 9.47 Å². The molecule has 0 aliphatic heterocycles. The largest absolute Gasteiger partial charge is 0.497 e. The third-order valence-corrected chi connectivity index (χ3v) is 7.50. The standard InChI is InChI=1S/C27H21N3O3S2/c1-32-22-12-10-18(11-13-22)23-16-28-25(34-23)20-4-3-5-21(15-20)26-30-29-24(35-26)14-17-6-8-19(9-7-17)27(31)33-2/h3-13,15-16H,14H2,1-2H3. The smallest absolute Gasteiger partial charge is 0.337 e.